The topological polar surface area (TPSA) is 131 Å². The van der Waals surface area contributed by atoms with E-state index in [1.54, 1.807) is 30.5 Å². The van der Waals surface area contributed by atoms with Crippen molar-refractivity contribution in [3.05, 3.63) is 145 Å². The molecule has 5 aromatic rings. The Morgan fingerprint density at radius 1 is 0.567 bits per heavy atom. The third-order valence-electron chi connectivity index (χ3n) is 11.4. The van der Waals surface area contributed by atoms with Crippen molar-refractivity contribution in [1.29, 1.82) is 0 Å². The van der Waals surface area contributed by atoms with E-state index in [1.165, 1.54) is 11.9 Å². The summed E-state index contributed by atoms with van der Waals surface area (Å²) in [5, 5.41) is 0.167. The first kappa shape index (κ1) is 41.2. The van der Waals surface area contributed by atoms with E-state index in [0.29, 0.717) is 29.9 Å². The van der Waals surface area contributed by atoms with E-state index in [-0.39, 0.29) is 9.94 Å². The number of benzene rings is 4. The summed E-state index contributed by atoms with van der Waals surface area (Å²) in [6, 6.07) is 37.4. The predicted molar refractivity (Wildman–Crippen MR) is 243 cm³/mol. The zero-order valence-electron chi connectivity index (χ0n) is 33.7. The molecule has 2 fully saturated rings. The fourth-order valence-corrected chi connectivity index (χ4v) is 10.1. The number of para-hydroxylation sites is 1. The van der Waals surface area contributed by atoms with Crippen LogP contribution in [0.25, 0.3) is 11.3 Å². The normalized spacial score (nSPS) is 16.7. The van der Waals surface area contributed by atoms with Crippen LogP contribution in [0.5, 0.6) is 0 Å². The van der Waals surface area contributed by atoms with Crippen LogP contribution in [0.2, 0.25) is 0 Å². The molecule has 0 bridgehead atoms. The van der Waals surface area contributed by atoms with Gasteiger partial charge in [-0.1, -0.05) is 60.7 Å². The second kappa shape index (κ2) is 18.8. The van der Waals surface area contributed by atoms with E-state index < -0.39 is 20.0 Å². The first-order chi connectivity index (χ1) is 29.2. The van der Waals surface area contributed by atoms with Crippen molar-refractivity contribution in [2.75, 3.05) is 84.7 Å². The quantitative estimate of drug-likeness (QED) is 0.125. The fraction of sp³-hybridized carbons (Fsp3) is 0.304. The molecule has 60 heavy (non-hydrogen) atoms. The van der Waals surface area contributed by atoms with Gasteiger partial charge in [-0.2, -0.15) is 8.42 Å². The van der Waals surface area contributed by atoms with E-state index in [1.807, 2.05) is 54.6 Å². The van der Waals surface area contributed by atoms with Gasteiger partial charge in [-0.15, -0.1) is 0 Å². The summed E-state index contributed by atoms with van der Waals surface area (Å²) in [6.45, 7) is 9.30. The highest BCUT2D eigenvalue weighted by Gasteiger charge is 2.22. The number of aliphatic imine (C=N–C) groups is 1. The third kappa shape index (κ3) is 10.6. The molecule has 14 heteroatoms. The van der Waals surface area contributed by atoms with Gasteiger partial charge < -0.3 is 9.80 Å². The maximum absolute atomic E-state index is 13.4. The molecule has 2 N–H and O–H groups in total. The molecule has 3 aliphatic heterocycles. The highest BCUT2D eigenvalue weighted by Crippen LogP contribution is 2.26. The monoisotopic (exact) mass is 844 g/mol. The fourth-order valence-electron chi connectivity index (χ4n) is 7.94. The second-order valence-corrected chi connectivity index (χ2v) is 18.8. The summed E-state index contributed by atoms with van der Waals surface area (Å²) < 4.78 is 57.9. The number of allylic oxidation sites excluding steroid dienone is 1. The zero-order chi connectivity index (χ0) is 41.4. The molecular weight excluding hydrogens is 793 g/mol. The average Bonchev–Trinajstić information content (AvgIpc) is 3.29. The van der Waals surface area contributed by atoms with Gasteiger partial charge in [0.1, 0.15) is 4.90 Å². The molecule has 0 spiro atoms. The van der Waals surface area contributed by atoms with Crippen molar-refractivity contribution in [3.63, 3.8) is 0 Å². The van der Waals surface area contributed by atoms with Crippen LogP contribution in [0.1, 0.15) is 24.0 Å². The van der Waals surface area contributed by atoms with Crippen molar-refractivity contribution in [2.24, 2.45) is 4.99 Å². The number of nitrogens with zero attached hydrogens (tertiary/aromatic N) is 6. The maximum Gasteiger partial charge on any atom is 0.275 e. The number of pyridine rings is 1. The molecule has 8 rings (SSSR count). The summed E-state index contributed by atoms with van der Waals surface area (Å²) in [4.78, 5) is 18.4. The van der Waals surface area contributed by atoms with Crippen LogP contribution < -0.4 is 19.2 Å². The number of nitrogens with one attached hydrogen (secondary N) is 2. The standard InChI is InChI=1S/C46H52N8O4S2/c55-59(56,49-40-12-6-9-37(33-40)20-23-51-25-29-53(30-26-51)42-14-2-1-3-15-42)44-18-19-45(48-36-44)39-11-8-16-43(35-39)54-31-27-52(28-32-54)24-21-38-10-7-13-41(34-38)50-60(57,58)46-17-4-5-22-47-46/h1-3,5-16,18-19,22,33-36,49-50H,4,17,20-21,23-32H2. The summed E-state index contributed by atoms with van der Waals surface area (Å²) >= 11 is 0. The molecule has 4 heterocycles. The van der Waals surface area contributed by atoms with E-state index in [0.717, 1.165) is 101 Å². The lowest BCUT2D eigenvalue weighted by Crippen LogP contribution is -2.47. The number of anilines is 4. The first-order valence-corrected chi connectivity index (χ1v) is 23.6. The summed E-state index contributed by atoms with van der Waals surface area (Å²) in [5.74, 6) is 0. The maximum atomic E-state index is 13.4. The Labute approximate surface area is 354 Å². The highest BCUT2D eigenvalue weighted by atomic mass is 32.2. The average molecular weight is 845 g/mol. The molecule has 312 valence electrons. The predicted octanol–water partition coefficient (Wildman–Crippen LogP) is 6.73. The van der Waals surface area contributed by atoms with E-state index >= 15 is 0 Å². The van der Waals surface area contributed by atoms with Crippen LogP contribution in [0.15, 0.2) is 144 Å². The Morgan fingerprint density at radius 2 is 1.15 bits per heavy atom. The number of piperazine rings is 2. The molecule has 0 unspecified atom stereocenters. The van der Waals surface area contributed by atoms with Gasteiger partial charge in [0.2, 0.25) is 0 Å². The van der Waals surface area contributed by atoms with E-state index in [9.17, 15) is 16.8 Å². The lowest BCUT2D eigenvalue weighted by atomic mass is 10.1. The molecule has 0 radical (unpaired) electrons. The Kier molecular flexibility index (Phi) is 12.9. The van der Waals surface area contributed by atoms with Crippen LogP contribution in [0.3, 0.4) is 0 Å². The number of hydrogen-bond acceptors (Lipinski definition) is 10. The summed E-state index contributed by atoms with van der Waals surface area (Å²) in [7, 11) is -7.51. The lowest BCUT2D eigenvalue weighted by Gasteiger charge is -2.36. The van der Waals surface area contributed by atoms with Gasteiger partial charge in [-0.25, -0.2) is 13.4 Å². The van der Waals surface area contributed by atoms with Crippen molar-refractivity contribution in [3.8, 4) is 11.3 Å². The Hall–Kier alpha value is -5.54. The second-order valence-electron chi connectivity index (χ2n) is 15.5. The lowest BCUT2D eigenvalue weighted by molar-refractivity contribution is 0.261. The van der Waals surface area contributed by atoms with Crippen molar-refractivity contribution in [2.45, 2.75) is 30.6 Å². The molecule has 0 saturated carbocycles. The van der Waals surface area contributed by atoms with Crippen molar-refractivity contribution >= 4 is 47.8 Å². The molecular formula is C46H52N8O4S2. The number of hydrogen-bond donors (Lipinski definition) is 2. The van der Waals surface area contributed by atoms with Crippen LogP contribution in [-0.4, -0.2) is 102 Å². The molecule has 2 saturated heterocycles. The van der Waals surface area contributed by atoms with Gasteiger partial charge in [0, 0.05) is 113 Å². The number of sulfonamides is 2. The van der Waals surface area contributed by atoms with E-state index in [2.05, 4.69) is 81.5 Å². The van der Waals surface area contributed by atoms with Gasteiger partial charge in [0.25, 0.3) is 20.0 Å². The van der Waals surface area contributed by atoms with Gasteiger partial charge in [0.15, 0.2) is 5.04 Å². The molecule has 0 aliphatic carbocycles. The van der Waals surface area contributed by atoms with Crippen molar-refractivity contribution in [1.82, 2.24) is 14.8 Å². The minimum absolute atomic E-state index is 0.111. The Morgan fingerprint density at radius 3 is 1.73 bits per heavy atom. The molecule has 3 aliphatic rings. The molecule has 12 nitrogen and oxygen atoms in total. The van der Waals surface area contributed by atoms with E-state index in [4.69, 9.17) is 0 Å². The largest absolute Gasteiger partial charge is 0.369 e. The minimum atomic E-state index is -3.84. The molecule has 0 atom stereocenters. The van der Waals surface area contributed by atoms with Crippen LogP contribution in [0, 0.1) is 0 Å². The first-order valence-electron chi connectivity index (χ1n) is 20.7. The molecule has 4 aromatic carbocycles. The molecule has 0 amide bonds. The Balaban J connectivity index is 0.804. The third-order valence-corrected chi connectivity index (χ3v) is 14.2. The summed E-state index contributed by atoms with van der Waals surface area (Å²) in [6.07, 6.45) is 7.56. The van der Waals surface area contributed by atoms with Crippen LogP contribution in [0.4, 0.5) is 22.7 Å². The highest BCUT2D eigenvalue weighted by molar-refractivity contribution is 8.07. The van der Waals surface area contributed by atoms with Crippen molar-refractivity contribution < 1.29 is 16.8 Å². The Bertz CT molecular complexity index is 2520. The number of rotatable bonds is 14. The van der Waals surface area contributed by atoms with Crippen LogP contribution >= 0.6 is 0 Å². The molecule has 1 aromatic heterocycles. The van der Waals surface area contributed by atoms with Gasteiger partial charge in [0.05, 0.1) is 5.69 Å². The van der Waals surface area contributed by atoms with Crippen LogP contribution in [-0.2, 0) is 32.9 Å². The van der Waals surface area contributed by atoms with Gasteiger partial charge in [-0.3, -0.25) is 24.2 Å². The van der Waals surface area contributed by atoms with Gasteiger partial charge in [-0.05, 0) is 91.1 Å². The zero-order valence-corrected chi connectivity index (χ0v) is 35.4. The van der Waals surface area contributed by atoms with Gasteiger partial charge >= 0.3 is 0 Å². The summed E-state index contributed by atoms with van der Waals surface area (Å²) in [5.41, 5.74) is 7.23. The SMILES string of the molecule is O=S(=O)(Nc1cccc(CCN2CCN(c3cccc(-c4ccc(S(=O)(=O)Nc5cccc(CCN6CCN(c7ccccc7)CC6)c5)cn4)c3)CC2)c1)C1=NC=CCC1. The number of aromatic nitrogens is 1. The smallest absolute Gasteiger partial charge is 0.275 e. The minimum Gasteiger partial charge on any atom is -0.369 e.